The van der Waals surface area contributed by atoms with Crippen molar-refractivity contribution in [3.63, 3.8) is 0 Å². The SMILES string of the molecule is CC(C)C[C@@H]1NC(=O)[C@@]2(OO)CCCN2C1=O. The van der Waals surface area contributed by atoms with Crippen LogP contribution in [0.1, 0.15) is 33.1 Å². The second-order valence-corrected chi connectivity index (χ2v) is 5.12. The van der Waals surface area contributed by atoms with Crippen LogP contribution in [0.5, 0.6) is 0 Å². The maximum Gasteiger partial charge on any atom is 0.277 e. The normalized spacial score (nSPS) is 32.9. The molecule has 0 aromatic rings. The zero-order chi connectivity index (χ0) is 12.6. The number of nitrogens with zero attached hydrogens (tertiary/aromatic N) is 1. The molecule has 6 nitrogen and oxygen atoms in total. The number of fused-ring (bicyclic) bond motifs is 1. The highest BCUT2D eigenvalue weighted by atomic mass is 17.1. The summed E-state index contributed by atoms with van der Waals surface area (Å²) in [6.45, 7) is 4.45. The van der Waals surface area contributed by atoms with Crippen LogP contribution in [-0.2, 0) is 14.5 Å². The summed E-state index contributed by atoms with van der Waals surface area (Å²) in [5.41, 5.74) is -1.48. The number of amides is 2. The van der Waals surface area contributed by atoms with Gasteiger partial charge in [0.2, 0.25) is 5.91 Å². The molecule has 0 aliphatic carbocycles. The van der Waals surface area contributed by atoms with Gasteiger partial charge in [-0.3, -0.25) is 9.59 Å². The molecule has 0 spiro atoms. The first-order valence-electron chi connectivity index (χ1n) is 5.96. The molecule has 2 heterocycles. The lowest BCUT2D eigenvalue weighted by Crippen LogP contribution is -2.69. The third-order valence-electron chi connectivity index (χ3n) is 3.42. The van der Waals surface area contributed by atoms with Gasteiger partial charge in [0, 0.05) is 13.0 Å². The summed E-state index contributed by atoms with van der Waals surface area (Å²) in [7, 11) is 0. The Morgan fingerprint density at radius 2 is 2.29 bits per heavy atom. The summed E-state index contributed by atoms with van der Waals surface area (Å²) >= 11 is 0. The van der Waals surface area contributed by atoms with Gasteiger partial charge in [-0.05, 0) is 18.8 Å². The van der Waals surface area contributed by atoms with Crippen molar-refractivity contribution in [2.45, 2.75) is 44.9 Å². The van der Waals surface area contributed by atoms with Crippen LogP contribution >= 0.6 is 0 Å². The quantitative estimate of drug-likeness (QED) is 0.552. The van der Waals surface area contributed by atoms with Gasteiger partial charge in [-0.15, -0.1) is 0 Å². The van der Waals surface area contributed by atoms with Gasteiger partial charge in [-0.25, -0.2) is 10.1 Å². The van der Waals surface area contributed by atoms with Crippen molar-refractivity contribution in [3.05, 3.63) is 0 Å². The maximum absolute atomic E-state index is 12.2. The number of nitrogens with one attached hydrogen (secondary N) is 1. The van der Waals surface area contributed by atoms with Crippen molar-refractivity contribution in [2.24, 2.45) is 5.92 Å². The van der Waals surface area contributed by atoms with E-state index in [1.54, 1.807) is 0 Å². The van der Waals surface area contributed by atoms with E-state index in [0.717, 1.165) is 0 Å². The van der Waals surface area contributed by atoms with Gasteiger partial charge in [-0.1, -0.05) is 13.8 Å². The fourth-order valence-electron chi connectivity index (χ4n) is 2.61. The van der Waals surface area contributed by atoms with Crippen molar-refractivity contribution in [2.75, 3.05) is 6.54 Å². The number of carbonyl (C=O) groups excluding carboxylic acids is 2. The Morgan fingerprint density at radius 3 is 2.88 bits per heavy atom. The molecule has 2 aliphatic heterocycles. The lowest BCUT2D eigenvalue weighted by Gasteiger charge is -2.41. The zero-order valence-electron chi connectivity index (χ0n) is 10.1. The third-order valence-corrected chi connectivity index (χ3v) is 3.42. The van der Waals surface area contributed by atoms with E-state index in [1.807, 2.05) is 13.8 Å². The van der Waals surface area contributed by atoms with Crippen molar-refractivity contribution in [1.82, 2.24) is 10.2 Å². The van der Waals surface area contributed by atoms with Gasteiger partial charge in [0.1, 0.15) is 6.04 Å². The average Bonchev–Trinajstić information content (AvgIpc) is 2.70. The second-order valence-electron chi connectivity index (χ2n) is 5.12. The third kappa shape index (κ3) is 1.81. The predicted molar refractivity (Wildman–Crippen MR) is 58.8 cm³/mol. The topological polar surface area (TPSA) is 78.9 Å². The molecule has 17 heavy (non-hydrogen) atoms. The van der Waals surface area contributed by atoms with Crippen LogP contribution in [-0.4, -0.2) is 40.3 Å². The summed E-state index contributed by atoms with van der Waals surface area (Å²) in [6.07, 6.45) is 1.60. The maximum atomic E-state index is 12.2. The number of carbonyl (C=O) groups is 2. The fraction of sp³-hybridized carbons (Fsp3) is 0.818. The molecule has 0 unspecified atom stereocenters. The van der Waals surface area contributed by atoms with E-state index < -0.39 is 17.7 Å². The van der Waals surface area contributed by atoms with Crippen molar-refractivity contribution in [1.29, 1.82) is 0 Å². The summed E-state index contributed by atoms with van der Waals surface area (Å²) < 4.78 is 0. The Kier molecular flexibility index (Phi) is 3.09. The fourth-order valence-corrected chi connectivity index (χ4v) is 2.61. The molecule has 2 rings (SSSR count). The molecule has 0 bridgehead atoms. The molecule has 0 aromatic heterocycles. The molecule has 2 aliphatic rings. The highest BCUT2D eigenvalue weighted by Crippen LogP contribution is 2.34. The Hall–Kier alpha value is -1.14. The summed E-state index contributed by atoms with van der Waals surface area (Å²) in [4.78, 5) is 29.8. The minimum Gasteiger partial charge on any atom is -0.340 e. The van der Waals surface area contributed by atoms with E-state index in [0.29, 0.717) is 31.7 Å². The first-order chi connectivity index (χ1) is 8.01. The highest BCUT2D eigenvalue weighted by Gasteiger charge is 2.57. The largest absolute Gasteiger partial charge is 0.340 e. The molecule has 2 N–H and O–H groups in total. The molecule has 2 fully saturated rings. The summed E-state index contributed by atoms with van der Waals surface area (Å²) in [6, 6.07) is -0.496. The van der Waals surface area contributed by atoms with E-state index in [2.05, 4.69) is 10.2 Å². The molecular weight excluding hydrogens is 224 g/mol. The van der Waals surface area contributed by atoms with Gasteiger partial charge in [0.05, 0.1) is 0 Å². The van der Waals surface area contributed by atoms with Gasteiger partial charge in [-0.2, -0.15) is 0 Å². The molecule has 6 heteroatoms. The molecule has 2 saturated heterocycles. The number of piperazine rings is 1. The van der Waals surface area contributed by atoms with Crippen LogP contribution in [0.25, 0.3) is 0 Å². The Labute approximate surface area is 99.8 Å². The average molecular weight is 242 g/mol. The molecule has 0 saturated carbocycles. The standard InChI is InChI=1S/C11H18N2O4/c1-7(2)6-8-9(14)13-5-3-4-11(13,17-16)10(15)12-8/h7-8,16H,3-6H2,1-2H3,(H,12,15)/t8-,11-/m0/s1. The molecule has 0 aromatic carbocycles. The molecule has 2 atom stereocenters. The molecular formula is C11H18N2O4. The minimum absolute atomic E-state index is 0.162. The number of rotatable bonds is 3. The Bertz CT molecular complexity index is 344. The first kappa shape index (κ1) is 12.3. The zero-order valence-corrected chi connectivity index (χ0v) is 10.1. The molecule has 96 valence electrons. The van der Waals surface area contributed by atoms with Crippen LogP contribution in [0.15, 0.2) is 0 Å². The first-order valence-corrected chi connectivity index (χ1v) is 5.96. The summed E-state index contributed by atoms with van der Waals surface area (Å²) in [5, 5.41) is 11.6. The highest BCUT2D eigenvalue weighted by molar-refractivity contribution is 5.99. The number of hydrogen-bond donors (Lipinski definition) is 2. The van der Waals surface area contributed by atoms with Crippen LogP contribution in [0.2, 0.25) is 0 Å². The summed E-state index contributed by atoms with van der Waals surface area (Å²) in [5.74, 6) is -0.262. The Balaban J connectivity index is 2.22. The van der Waals surface area contributed by atoms with Gasteiger partial charge < -0.3 is 10.2 Å². The van der Waals surface area contributed by atoms with Crippen LogP contribution in [0.4, 0.5) is 0 Å². The smallest absolute Gasteiger partial charge is 0.277 e. The van der Waals surface area contributed by atoms with Gasteiger partial charge in [0.25, 0.3) is 11.6 Å². The van der Waals surface area contributed by atoms with E-state index >= 15 is 0 Å². The lowest BCUT2D eigenvalue weighted by molar-refractivity contribution is -0.341. The monoisotopic (exact) mass is 242 g/mol. The second kappa shape index (κ2) is 4.27. The van der Waals surface area contributed by atoms with Gasteiger partial charge >= 0.3 is 0 Å². The molecule has 0 radical (unpaired) electrons. The van der Waals surface area contributed by atoms with Crippen LogP contribution in [0.3, 0.4) is 0 Å². The van der Waals surface area contributed by atoms with Crippen molar-refractivity contribution in [3.8, 4) is 0 Å². The lowest BCUT2D eigenvalue weighted by atomic mass is 9.97. The molecule has 2 amide bonds. The van der Waals surface area contributed by atoms with Crippen LogP contribution in [0, 0.1) is 5.92 Å². The number of hydrogen-bond acceptors (Lipinski definition) is 4. The van der Waals surface area contributed by atoms with E-state index in [4.69, 9.17) is 5.26 Å². The van der Waals surface area contributed by atoms with E-state index in [9.17, 15) is 9.59 Å². The van der Waals surface area contributed by atoms with E-state index in [1.165, 1.54) is 4.90 Å². The van der Waals surface area contributed by atoms with Crippen molar-refractivity contribution >= 4 is 11.8 Å². The predicted octanol–water partition coefficient (Wildman–Crippen LogP) is 0.339. The minimum atomic E-state index is -1.48. The Morgan fingerprint density at radius 1 is 1.59 bits per heavy atom. The van der Waals surface area contributed by atoms with Gasteiger partial charge in [0.15, 0.2) is 0 Å². The van der Waals surface area contributed by atoms with Crippen LogP contribution < -0.4 is 5.32 Å². The van der Waals surface area contributed by atoms with Crippen molar-refractivity contribution < 1.29 is 19.7 Å². The van der Waals surface area contributed by atoms with E-state index in [-0.39, 0.29) is 5.91 Å².